The van der Waals surface area contributed by atoms with Crippen LogP contribution in [0, 0.1) is 5.92 Å². The van der Waals surface area contributed by atoms with Gasteiger partial charge in [0.1, 0.15) is 0 Å². The Hall–Kier alpha value is -1.67. The van der Waals surface area contributed by atoms with Gasteiger partial charge in [0, 0.05) is 31.5 Å². The van der Waals surface area contributed by atoms with Gasteiger partial charge in [-0.2, -0.15) is 8.42 Å². The van der Waals surface area contributed by atoms with Gasteiger partial charge < -0.3 is 10.2 Å². The van der Waals surface area contributed by atoms with Crippen molar-refractivity contribution in [2.45, 2.75) is 6.42 Å². The Bertz CT molecular complexity index is 723. The van der Waals surface area contributed by atoms with Crippen molar-refractivity contribution < 1.29 is 21.9 Å². The standard InChI is InChI=1S/C13H14ClFN2O4S/c1-16-13(19)9-2-3-10(14)11(5-9)17-6-8(4-12(17)18)7-22(15,20)21/h2-3,5,8H,4,6-7H2,1H3,(H,16,19). The molecule has 6 nitrogen and oxygen atoms in total. The Morgan fingerprint density at radius 3 is 2.77 bits per heavy atom. The molecule has 1 aromatic rings. The summed E-state index contributed by atoms with van der Waals surface area (Å²) in [5, 5.41) is 2.71. The van der Waals surface area contributed by atoms with E-state index in [0.717, 1.165) is 0 Å². The minimum Gasteiger partial charge on any atom is -0.355 e. The number of hydrogen-bond acceptors (Lipinski definition) is 4. The van der Waals surface area contributed by atoms with E-state index in [-0.39, 0.29) is 29.8 Å². The zero-order chi connectivity index (χ0) is 16.5. The van der Waals surface area contributed by atoms with Crippen LogP contribution in [-0.4, -0.2) is 39.6 Å². The molecule has 0 radical (unpaired) electrons. The summed E-state index contributed by atoms with van der Waals surface area (Å²) in [6, 6.07) is 4.44. The number of halogens is 2. The number of hydrogen-bond donors (Lipinski definition) is 1. The van der Waals surface area contributed by atoms with Crippen LogP contribution < -0.4 is 10.2 Å². The number of anilines is 1. The lowest BCUT2D eigenvalue weighted by Crippen LogP contribution is -2.26. The molecule has 1 N–H and O–H groups in total. The average molecular weight is 349 g/mol. The summed E-state index contributed by atoms with van der Waals surface area (Å²) in [4.78, 5) is 24.9. The van der Waals surface area contributed by atoms with Crippen molar-refractivity contribution >= 4 is 39.3 Å². The van der Waals surface area contributed by atoms with Crippen LogP contribution in [0.5, 0.6) is 0 Å². The van der Waals surface area contributed by atoms with Crippen LogP contribution >= 0.6 is 11.6 Å². The maximum absolute atomic E-state index is 12.8. The Balaban J connectivity index is 2.28. The first-order chi connectivity index (χ1) is 10.2. The number of benzene rings is 1. The Morgan fingerprint density at radius 2 is 2.18 bits per heavy atom. The van der Waals surface area contributed by atoms with Crippen LogP contribution in [0.3, 0.4) is 0 Å². The third-order valence-corrected chi connectivity index (χ3v) is 4.56. The molecular weight excluding hydrogens is 335 g/mol. The van der Waals surface area contributed by atoms with Gasteiger partial charge in [0.05, 0.1) is 16.5 Å². The largest absolute Gasteiger partial charge is 0.355 e. The average Bonchev–Trinajstić information content (AvgIpc) is 2.76. The number of carbonyl (C=O) groups excluding carboxylic acids is 2. The number of nitrogens with one attached hydrogen (secondary N) is 1. The summed E-state index contributed by atoms with van der Waals surface area (Å²) in [6.45, 7) is 0.0406. The highest BCUT2D eigenvalue weighted by Gasteiger charge is 2.34. The highest BCUT2D eigenvalue weighted by Crippen LogP contribution is 2.32. The summed E-state index contributed by atoms with van der Waals surface area (Å²) in [5.41, 5.74) is 0.628. The van der Waals surface area contributed by atoms with Crippen molar-refractivity contribution in [2.24, 2.45) is 5.92 Å². The van der Waals surface area contributed by atoms with E-state index in [1.165, 1.54) is 30.1 Å². The first-order valence-corrected chi connectivity index (χ1v) is 8.38. The van der Waals surface area contributed by atoms with E-state index in [2.05, 4.69) is 5.32 Å². The minimum absolute atomic E-state index is 0.0406. The minimum atomic E-state index is -4.65. The van der Waals surface area contributed by atoms with Gasteiger partial charge in [0.2, 0.25) is 5.91 Å². The molecule has 2 amide bonds. The van der Waals surface area contributed by atoms with Crippen LogP contribution in [-0.2, 0) is 15.0 Å². The third kappa shape index (κ3) is 3.75. The summed E-state index contributed by atoms with van der Waals surface area (Å²) in [6.07, 6.45) is -0.0797. The summed E-state index contributed by atoms with van der Waals surface area (Å²) >= 11 is 6.05. The Morgan fingerprint density at radius 1 is 1.50 bits per heavy atom. The molecule has 0 saturated carbocycles. The fourth-order valence-electron chi connectivity index (χ4n) is 2.41. The van der Waals surface area contributed by atoms with Crippen molar-refractivity contribution in [3.8, 4) is 0 Å². The van der Waals surface area contributed by atoms with Crippen molar-refractivity contribution in [2.75, 3.05) is 24.2 Å². The maximum Gasteiger partial charge on any atom is 0.302 e. The molecule has 0 bridgehead atoms. The van der Waals surface area contributed by atoms with Crippen LogP contribution in [0.15, 0.2) is 18.2 Å². The molecule has 1 saturated heterocycles. The first-order valence-electron chi connectivity index (χ1n) is 6.45. The number of amides is 2. The molecule has 1 fully saturated rings. The molecule has 1 heterocycles. The van der Waals surface area contributed by atoms with Crippen LogP contribution in [0.2, 0.25) is 5.02 Å². The number of rotatable bonds is 4. The normalized spacial score (nSPS) is 18.6. The molecule has 1 aromatic carbocycles. The van der Waals surface area contributed by atoms with E-state index in [1.54, 1.807) is 0 Å². The topological polar surface area (TPSA) is 83.6 Å². The Kier molecular flexibility index (Phi) is 4.72. The summed E-state index contributed by atoms with van der Waals surface area (Å²) in [5.74, 6) is -2.04. The molecule has 1 atom stereocenters. The lowest BCUT2D eigenvalue weighted by molar-refractivity contribution is -0.117. The van der Waals surface area contributed by atoms with Gasteiger partial charge in [0.15, 0.2) is 0 Å². The molecule has 9 heteroatoms. The van der Waals surface area contributed by atoms with Crippen molar-refractivity contribution in [1.82, 2.24) is 5.32 Å². The first kappa shape index (κ1) is 16.7. The molecule has 0 aromatic heterocycles. The number of carbonyl (C=O) groups is 2. The smallest absolute Gasteiger partial charge is 0.302 e. The predicted octanol–water partition coefficient (Wildman–Crippen LogP) is 1.35. The highest BCUT2D eigenvalue weighted by molar-refractivity contribution is 7.86. The molecule has 120 valence electrons. The van der Waals surface area contributed by atoms with E-state index in [4.69, 9.17) is 11.6 Å². The van der Waals surface area contributed by atoms with E-state index in [0.29, 0.717) is 11.3 Å². The quantitative estimate of drug-likeness (QED) is 0.832. The van der Waals surface area contributed by atoms with E-state index in [9.17, 15) is 21.9 Å². The lowest BCUT2D eigenvalue weighted by Gasteiger charge is -2.19. The molecule has 0 aliphatic carbocycles. The van der Waals surface area contributed by atoms with E-state index < -0.39 is 21.9 Å². The van der Waals surface area contributed by atoms with Gasteiger partial charge >= 0.3 is 10.2 Å². The summed E-state index contributed by atoms with van der Waals surface area (Å²) in [7, 11) is -3.18. The van der Waals surface area contributed by atoms with Gasteiger partial charge in [-0.15, -0.1) is 3.89 Å². The predicted molar refractivity (Wildman–Crippen MR) is 80.2 cm³/mol. The summed E-state index contributed by atoms with van der Waals surface area (Å²) < 4.78 is 34.2. The Labute approximate surface area is 132 Å². The maximum atomic E-state index is 12.8. The van der Waals surface area contributed by atoms with Gasteiger partial charge in [-0.05, 0) is 18.2 Å². The second-order valence-corrected chi connectivity index (χ2v) is 6.84. The molecule has 2 rings (SSSR count). The zero-order valence-electron chi connectivity index (χ0n) is 11.7. The van der Waals surface area contributed by atoms with Crippen molar-refractivity contribution in [3.63, 3.8) is 0 Å². The number of nitrogens with zero attached hydrogens (tertiary/aromatic N) is 1. The van der Waals surface area contributed by atoms with E-state index >= 15 is 0 Å². The van der Waals surface area contributed by atoms with E-state index in [1.807, 2.05) is 0 Å². The van der Waals surface area contributed by atoms with Crippen LogP contribution in [0.4, 0.5) is 9.57 Å². The van der Waals surface area contributed by atoms with Gasteiger partial charge in [0.25, 0.3) is 5.91 Å². The second kappa shape index (κ2) is 6.21. The molecular formula is C13H14ClFN2O4S. The van der Waals surface area contributed by atoms with Crippen LogP contribution in [0.25, 0.3) is 0 Å². The SMILES string of the molecule is CNC(=O)c1ccc(Cl)c(N2CC(CS(=O)(=O)F)CC2=O)c1. The highest BCUT2D eigenvalue weighted by atomic mass is 35.5. The van der Waals surface area contributed by atoms with Gasteiger partial charge in [-0.25, -0.2) is 0 Å². The second-order valence-electron chi connectivity index (χ2n) is 5.03. The molecule has 0 spiro atoms. The molecule has 1 aliphatic heterocycles. The van der Waals surface area contributed by atoms with Gasteiger partial charge in [-0.1, -0.05) is 11.6 Å². The lowest BCUT2D eigenvalue weighted by atomic mass is 10.1. The fourth-order valence-corrected chi connectivity index (χ4v) is 3.42. The van der Waals surface area contributed by atoms with Crippen molar-refractivity contribution in [3.05, 3.63) is 28.8 Å². The zero-order valence-corrected chi connectivity index (χ0v) is 13.2. The van der Waals surface area contributed by atoms with Crippen LogP contribution in [0.1, 0.15) is 16.8 Å². The monoisotopic (exact) mass is 348 g/mol. The fraction of sp³-hybridized carbons (Fsp3) is 0.385. The third-order valence-electron chi connectivity index (χ3n) is 3.37. The molecule has 22 heavy (non-hydrogen) atoms. The van der Waals surface area contributed by atoms with Crippen molar-refractivity contribution in [1.29, 1.82) is 0 Å². The molecule has 1 aliphatic rings. The van der Waals surface area contributed by atoms with Gasteiger partial charge in [-0.3, -0.25) is 9.59 Å². The molecule has 1 unspecified atom stereocenters.